The first kappa shape index (κ1) is 13.7. The first-order chi connectivity index (χ1) is 10.1. The second-order valence-corrected chi connectivity index (χ2v) is 5.56. The summed E-state index contributed by atoms with van der Waals surface area (Å²) in [5.41, 5.74) is 8.72. The maximum Gasteiger partial charge on any atom is 0.240 e. The van der Waals surface area contributed by atoms with Crippen LogP contribution in [0.25, 0.3) is 22.5 Å². The average molecular weight is 390 g/mol. The van der Waals surface area contributed by atoms with Gasteiger partial charge in [0.15, 0.2) is 0 Å². The fraction of sp³-hybridized carbons (Fsp3) is 0. The molecule has 0 fully saturated rings. The molecule has 0 radical (unpaired) electrons. The van der Waals surface area contributed by atoms with E-state index in [1.54, 1.807) is 12.1 Å². The summed E-state index contributed by atoms with van der Waals surface area (Å²) in [5, 5.41) is 17.7. The first-order valence-corrected chi connectivity index (χ1v) is 7.27. The molecule has 0 atom stereocenters. The van der Waals surface area contributed by atoms with E-state index in [0.29, 0.717) is 11.4 Å². The maximum absolute atomic E-state index is 9.64. The van der Waals surface area contributed by atoms with E-state index < -0.39 is 0 Å². The molecule has 3 aromatic rings. The van der Waals surface area contributed by atoms with Crippen molar-refractivity contribution in [3.05, 3.63) is 52.1 Å². The lowest BCUT2D eigenvalue weighted by Gasteiger charge is -2.09. The number of anilines is 1. The van der Waals surface area contributed by atoms with Gasteiger partial charge in [-0.15, -0.1) is 10.2 Å². The molecule has 0 bridgehead atoms. The molecule has 0 aliphatic heterocycles. The average Bonchev–Trinajstić information content (AvgIpc) is 2.51. The van der Waals surface area contributed by atoms with Gasteiger partial charge in [0.05, 0.1) is 3.57 Å². The van der Waals surface area contributed by atoms with E-state index >= 15 is 0 Å². The van der Waals surface area contributed by atoms with Crippen molar-refractivity contribution in [1.82, 2.24) is 15.2 Å². The van der Waals surface area contributed by atoms with Gasteiger partial charge < -0.3 is 10.8 Å². The summed E-state index contributed by atoms with van der Waals surface area (Å²) in [5.74, 6) is 0.364. The van der Waals surface area contributed by atoms with Crippen LogP contribution in [0.1, 0.15) is 0 Å². The van der Waals surface area contributed by atoms with Crippen molar-refractivity contribution in [1.29, 1.82) is 0 Å². The summed E-state index contributed by atoms with van der Waals surface area (Å²) in [6, 6.07) is 14.9. The smallest absolute Gasteiger partial charge is 0.240 e. The Morgan fingerprint density at radius 1 is 0.905 bits per heavy atom. The zero-order valence-electron chi connectivity index (χ0n) is 10.9. The standard InChI is InChI=1S/C15H11IN4O/c16-11-8-10(6-7-12(11)21)14-13(18-15(17)20-19-14)9-4-2-1-3-5-9/h1-8,21H,(H2,17,18,20). The number of nitrogens with two attached hydrogens (primary N) is 1. The number of halogens is 1. The highest BCUT2D eigenvalue weighted by molar-refractivity contribution is 14.1. The highest BCUT2D eigenvalue weighted by atomic mass is 127. The number of nitrogen functional groups attached to an aromatic ring is 1. The van der Waals surface area contributed by atoms with Gasteiger partial charge in [0.2, 0.25) is 5.95 Å². The molecule has 0 unspecified atom stereocenters. The molecule has 0 aliphatic rings. The van der Waals surface area contributed by atoms with Crippen molar-refractivity contribution in [3.8, 4) is 28.3 Å². The van der Waals surface area contributed by atoms with Crippen molar-refractivity contribution in [2.24, 2.45) is 0 Å². The Labute approximate surface area is 135 Å². The van der Waals surface area contributed by atoms with E-state index in [2.05, 4.69) is 37.8 Å². The quantitative estimate of drug-likeness (QED) is 0.657. The number of nitrogens with zero attached hydrogens (tertiary/aromatic N) is 3. The van der Waals surface area contributed by atoms with E-state index in [4.69, 9.17) is 5.73 Å². The van der Waals surface area contributed by atoms with Gasteiger partial charge in [0.1, 0.15) is 17.1 Å². The number of benzene rings is 2. The fourth-order valence-corrected chi connectivity index (χ4v) is 2.50. The van der Waals surface area contributed by atoms with Crippen molar-refractivity contribution in [3.63, 3.8) is 0 Å². The van der Waals surface area contributed by atoms with Gasteiger partial charge in [-0.2, -0.15) is 0 Å². The van der Waals surface area contributed by atoms with Crippen LogP contribution in [-0.4, -0.2) is 20.3 Å². The molecule has 21 heavy (non-hydrogen) atoms. The highest BCUT2D eigenvalue weighted by Crippen LogP contribution is 2.31. The number of phenolic OH excluding ortho intramolecular Hbond substituents is 1. The third kappa shape index (κ3) is 2.80. The number of rotatable bonds is 2. The van der Waals surface area contributed by atoms with Crippen LogP contribution in [0.15, 0.2) is 48.5 Å². The number of hydrogen-bond acceptors (Lipinski definition) is 5. The van der Waals surface area contributed by atoms with Crippen LogP contribution in [-0.2, 0) is 0 Å². The largest absolute Gasteiger partial charge is 0.507 e. The Morgan fingerprint density at radius 2 is 1.67 bits per heavy atom. The minimum Gasteiger partial charge on any atom is -0.507 e. The third-order valence-electron chi connectivity index (χ3n) is 2.97. The second-order valence-electron chi connectivity index (χ2n) is 4.40. The molecular weight excluding hydrogens is 379 g/mol. The van der Waals surface area contributed by atoms with E-state index in [0.717, 1.165) is 14.7 Å². The summed E-state index contributed by atoms with van der Waals surface area (Å²) >= 11 is 2.07. The molecule has 6 heteroatoms. The lowest BCUT2D eigenvalue weighted by Crippen LogP contribution is -2.02. The second kappa shape index (κ2) is 5.65. The Hall–Kier alpha value is -2.22. The Bertz CT molecular complexity index is 793. The Kier molecular flexibility index (Phi) is 3.70. The molecule has 0 amide bonds. The van der Waals surface area contributed by atoms with E-state index in [1.807, 2.05) is 36.4 Å². The molecular formula is C15H11IN4O. The van der Waals surface area contributed by atoms with Crippen molar-refractivity contribution >= 4 is 28.5 Å². The monoisotopic (exact) mass is 390 g/mol. The van der Waals surface area contributed by atoms with Crippen LogP contribution in [0, 0.1) is 3.57 Å². The molecule has 1 heterocycles. The van der Waals surface area contributed by atoms with Crippen LogP contribution in [0.4, 0.5) is 5.95 Å². The van der Waals surface area contributed by atoms with Crippen LogP contribution in [0.5, 0.6) is 5.75 Å². The predicted molar refractivity (Wildman–Crippen MR) is 89.5 cm³/mol. The van der Waals surface area contributed by atoms with Gasteiger partial charge in [0, 0.05) is 11.1 Å². The number of aromatic nitrogens is 3. The summed E-state index contributed by atoms with van der Waals surface area (Å²) < 4.78 is 0.739. The van der Waals surface area contributed by atoms with Gasteiger partial charge in [-0.05, 0) is 40.8 Å². The lowest BCUT2D eigenvalue weighted by molar-refractivity contribution is 0.471. The molecule has 0 saturated carbocycles. The van der Waals surface area contributed by atoms with Crippen molar-refractivity contribution < 1.29 is 5.11 Å². The summed E-state index contributed by atoms with van der Waals surface area (Å²) in [4.78, 5) is 4.31. The molecule has 0 saturated heterocycles. The molecule has 3 N–H and O–H groups in total. The summed E-state index contributed by atoms with van der Waals surface area (Å²) in [6.07, 6.45) is 0. The minimum absolute atomic E-state index is 0.131. The van der Waals surface area contributed by atoms with Crippen molar-refractivity contribution in [2.45, 2.75) is 0 Å². The van der Waals surface area contributed by atoms with Crippen LogP contribution >= 0.6 is 22.6 Å². The van der Waals surface area contributed by atoms with Crippen LogP contribution in [0.2, 0.25) is 0 Å². The topological polar surface area (TPSA) is 84.9 Å². The maximum atomic E-state index is 9.64. The minimum atomic E-state index is 0.131. The van der Waals surface area contributed by atoms with E-state index in [-0.39, 0.29) is 11.7 Å². The lowest BCUT2D eigenvalue weighted by atomic mass is 10.0. The molecule has 5 nitrogen and oxygen atoms in total. The van der Waals surface area contributed by atoms with Gasteiger partial charge in [-0.3, -0.25) is 0 Å². The summed E-state index contributed by atoms with van der Waals surface area (Å²) in [7, 11) is 0. The SMILES string of the molecule is Nc1nnc(-c2ccc(O)c(I)c2)c(-c2ccccc2)n1. The predicted octanol–water partition coefficient (Wildman–Crippen LogP) is 3.10. The third-order valence-corrected chi connectivity index (χ3v) is 3.84. The van der Waals surface area contributed by atoms with E-state index in [1.165, 1.54) is 0 Å². The first-order valence-electron chi connectivity index (χ1n) is 6.19. The molecule has 0 spiro atoms. The normalized spacial score (nSPS) is 10.5. The van der Waals surface area contributed by atoms with Gasteiger partial charge in [0.25, 0.3) is 0 Å². The van der Waals surface area contributed by atoms with Gasteiger partial charge in [-0.1, -0.05) is 30.3 Å². The van der Waals surface area contributed by atoms with Crippen molar-refractivity contribution in [2.75, 3.05) is 5.73 Å². The Morgan fingerprint density at radius 3 is 2.38 bits per heavy atom. The van der Waals surface area contributed by atoms with E-state index in [9.17, 15) is 5.11 Å². The highest BCUT2D eigenvalue weighted by Gasteiger charge is 2.13. The zero-order valence-corrected chi connectivity index (χ0v) is 13.0. The molecule has 2 aromatic carbocycles. The number of aromatic hydroxyl groups is 1. The number of hydrogen-bond donors (Lipinski definition) is 2. The Balaban J connectivity index is 2.21. The molecule has 104 valence electrons. The number of phenols is 1. The molecule has 1 aromatic heterocycles. The fourth-order valence-electron chi connectivity index (χ4n) is 1.98. The van der Waals surface area contributed by atoms with Gasteiger partial charge in [-0.25, -0.2) is 4.98 Å². The van der Waals surface area contributed by atoms with Crippen LogP contribution < -0.4 is 5.73 Å². The van der Waals surface area contributed by atoms with Gasteiger partial charge >= 0.3 is 0 Å². The zero-order chi connectivity index (χ0) is 14.8. The summed E-state index contributed by atoms with van der Waals surface area (Å²) in [6.45, 7) is 0. The molecule has 3 rings (SSSR count). The van der Waals surface area contributed by atoms with Crippen LogP contribution in [0.3, 0.4) is 0 Å². The molecule has 0 aliphatic carbocycles.